The molecule has 4 rings (SSSR count). The highest BCUT2D eigenvalue weighted by Gasteiger charge is 2.31. The third kappa shape index (κ3) is 3.65. The average molecular weight is 385 g/mol. The zero-order valence-corrected chi connectivity index (χ0v) is 14.9. The highest BCUT2D eigenvalue weighted by atomic mass is 19.4. The van der Waals surface area contributed by atoms with Crippen molar-refractivity contribution in [3.63, 3.8) is 0 Å². The van der Waals surface area contributed by atoms with E-state index in [-0.39, 0.29) is 11.6 Å². The molecular formula is C21H18F3N3O. The van der Waals surface area contributed by atoms with E-state index in [9.17, 15) is 18.0 Å². The summed E-state index contributed by atoms with van der Waals surface area (Å²) < 4.78 is 38.6. The van der Waals surface area contributed by atoms with Crippen LogP contribution in [0, 0.1) is 0 Å². The molecule has 1 atom stereocenters. The van der Waals surface area contributed by atoms with Crippen molar-refractivity contribution in [3.8, 4) is 0 Å². The number of nitrogens with zero attached hydrogens (tertiary/aromatic N) is 2. The molecule has 0 bridgehead atoms. The molecule has 3 aromatic rings. The summed E-state index contributed by atoms with van der Waals surface area (Å²) in [4.78, 5) is 19.0. The number of pyridine rings is 1. The first kappa shape index (κ1) is 18.3. The Balaban J connectivity index is 1.47. The topological polar surface area (TPSA) is 45.2 Å². The van der Waals surface area contributed by atoms with Crippen LogP contribution in [0.4, 0.5) is 18.9 Å². The van der Waals surface area contributed by atoms with E-state index in [1.54, 1.807) is 6.20 Å². The molecule has 0 saturated carbocycles. The van der Waals surface area contributed by atoms with Gasteiger partial charge in [-0.25, -0.2) is 0 Å². The number of carbonyl (C=O) groups is 1. The lowest BCUT2D eigenvalue weighted by Crippen LogP contribution is -2.37. The molecular weight excluding hydrogens is 367 g/mol. The number of hydrogen-bond acceptors (Lipinski definition) is 3. The van der Waals surface area contributed by atoms with Crippen molar-refractivity contribution in [1.29, 1.82) is 0 Å². The summed E-state index contributed by atoms with van der Waals surface area (Å²) >= 11 is 0. The van der Waals surface area contributed by atoms with Gasteiger partial charge >= 0.3 is 6.18 Å². The quantitative estimate of drug-likeness (QED) is 0.733. The van der Waals surface area contributed by atoms with Crippen molar-refractivity contribution in [3.05, 3.63) is 71.9 Å². The van der Waals surface area contributed by atoms with E-state index >= 15 is 0 Å². The van der Waals surface area contributed by atoms with Gasteiger partial charge in [-0.3, -0.25) is 9.78 Å². The zero-order valence-electron chi connectivity index (χ0n) is 14.9. The van der Waals surface area contributed by atoms with Gasteiger partial charge in [-0.2, -0.15) is 13.2 Å². The Hall–Kier alpha value is -3.09. The van der Waals surface area contributed by atoms with Crippen molar-refractivity contribution in [2.45, 2.75) is 18.6 Å². The number of alkyl halides is 3. The number of carbonyl (C=O) groups excluding carboxylic acids is 1. The third-order valence-electron chi connectivity index (χ3n) is 4.94. The van der Waals surface area contributed by atoms with Crippen LogP contribution in [0.5, 0.6) is 0 Å². The van der Waals surface area contributed by atoms with E-state index in [1.165, 1.54) is 12.1 Å². The maximum Gasteiger partial charge on any atom is 0.416 e. The zero-order chi connectivity index (χ0) is 19.7. The standard InChI is InChI=1S/C21H18F3N3O/c22-21(23,24)15-5-3-4-14(12-15)20(28)26-16-9-11-27(13-16)19-8-10-25-18-7-2-1-6-17(18)19/h1-8,10,12,16H,9,11,13H2,(H,26,28). The van der Waals surface area contributed by atoms with Crippen LogP contribution < -0.4 is 10.2 Å². The highest BCUT2D eigenvalue weighted by molar-refractivity contribution is 5.95. The first-order chi connectivity index (χ1) is 13.4. The summed E-state index contributed by atoms with van der Waals surface area (Å²) in [6.07, 6.45) is -1.99. The molecule has 0 aliphatic carbocycles. The van der Waals surface area contributed by atoms with Crippen molar-refractivity contribution in [2.75, 3.05) is 18.0 Å². The van der Waals surface area contributed by atoms with Crippen LogP contribution in [0.15, 0.2) is 60.8 Å². The lowest BCUT2D eigenvalue weighted by atomic mass is 10.1. The number of hydrogen-bond donors (Lipinski definition) is 1. The van der Waals surface area contributed by atoms with E-state index in [0.29, 0.717) is 6.54 Å². The van der Waals surface area contributed by atoms with Crippen LogP contribution in [-0.2, 0) is 6.18 Å². The predicted molar refractivity (Wildman–Crippen MR) is 101 cm³/mol. The van der Waals surface area contributed by atoms with E-state index in [1.807, 2.05) is 30.3 Å². The van der Waals surface area contributed by atoms with E-state index in [4.69, 9.17) is 0 Å². The maximum atomic E-state index is 12.9. The molecule has 0 radical (unpaired) electrons. The number of aromatic nitrogens is 1. The highest BCUT2D eigenvalue weighted by Crippen LogP contribution is 2.30. The Kier molecular flexibility index (Phi) is 4.66. The minimum atomic E-state index is -4.47. The Morgan fingerprint density at radius 3 is 2.75 bits per heavy atom. The minimum absolute atomic E-state index is 0.0163. The lowest BCUT2D eigenvalue weighted by Gasteiger charge is -2.21. The van der Waals surface area contributed by atoms with Crippen LogP contribution in [0.1, 0.15) is 22.3 Å². The molecule has 1 fully saturated rings. The number of rotatable bonds is 3. The molecule has 7 heteroatoms. The number of halogens is 3. The molecule has 1 N–H and O–H groups in total. The number of para-hydroxylation sites is 1. The van der Waals surface area contributed by atoms with E-state index in [2.05, 4.69) is 15.2 Å². The molecule has 1 amide bonds. The van der Waals surface area contributed by atoms with Crippen LogP contribution in [-0.4, -0.2) is 30.0 Å². The summed E-state index contributed by atoms with van der Waals surface area (Å²) in [6.45, 7) is 1.35. The molecule has 0 spiro atoms. The van der Waals surface area contributed by atoms with Crippen LogP contribution >= 0.6 is 0 Å². The van der Waals surface area contributed by atoms with Gasteiger partial charge in [-0.15, -0.1) is 0 Å². The molecule has 2 aromatic carbocycles. The van der Waals surface area contributed by atoms with E-state index in [0.717, 1.165) is 41.7 Å². The summed E-state index contributed by atoms with van der Waals surface area (Å²) in [5, 5.41) is 3.89. The van der Waals surface area contributed by atoms with Crippen molar-refractivity contribution in [1.82, 2.24) is 10.3 Å². The summed E-state index contributed by atoms with van der Waals surface area (Å²) in [5.74, 6) is -0.488. The molecule has 1 aromatic heterocycles. The fourth-order valence-electron chi connectivity index (χ4n) is 3.56. The lowest BCUT2D eigenvalue weighted by molar-refractivity contribution is -0.137. The second-order valence-corrected chi connectivity index (χ2v) is 6.83. The average Bonchev–Trinajstić information content (AvgIpc) is 3.15. The van der Waals surface area contributed by atoms with Crippen LogP contribution in [0.25, 0.3) is 10.9 Å². The number of amides is 1. The summed E-state index contributed by atoms with van der Waals surface area (Å²) in [6, 6.07) is 14.1. The smallest absolute Gasteiger partial charge is 0.369 e. The van der Waals surface area contributed by atoms with E-state index < -0.39 is 17.6 Å². The number of anilines is 1. The predicted octanol–water partition coefficient (Wildman–Crippen LogP) is 4.26. The van der Waals surface area contributed by atoms with Gasteiger partial charge in [0.05, 0.1) is 11.1 Å². The Morgan fingerprint density at radius 2 is 1.93 bits per heavy atom. The molecule has 1 aliphatic rings. The Morgan fingerprint density at radius 1 is 1.11 bits per heavy atom. The number of nitrogens with one attached hydrogen (secondary N) is 1. The molecule has 144 valence electrons. The Bertz CT molecular complexity index is 1010. The Labute approximate surface area is 160 Å². The monoisotopic (exact) mass is 385 g/mol. The molecule has 1 aliphatic heterocycles. The van der Waals surface area contributed by atoms with Gasteiger partial charge in [-0.05, 0) is 36.8 Å². The molecule has 2 heterocycles. The van der Waals surface area contributed by atoms with Crippen molar-refractivity contribution in [2.24, 2.45) is 0 Å². The van der Waals surface area contributed by atoms with Gasteiger partial charge in [-0.1, -0.05) is 24.3 Å². The number of fused-ring (bicyclic) bond motifs is 1. The van der Waals surface area contributed by atoms with Gasteiger partial charge in [0.1, 0.15) is 0 Å². The van der Waals surface area contributed by atoms with Crippen LogP contribution in [0.3, 0.4) is 0 Å². The third-order valence-corrected chi connectivity index (χ3v) is 4.94. The SMILES string of the molecule is O=C(NC1CCN(c2ccnc3ccccc23)C1)c1cccc(C(F)(F)F)c1. The maximum absolute atomic E-state index is 12.9. The molecule has 28 heavy (non-hydrogen) atoms. The van der Waals surface area contributed by atoms with Crippen molar-refractivity contribution < 1.29 is 18.0 Å². The van der Waals surface area contributed by atoms with Gasteiger partial charge < -0.3 is 10.2 Å². The first-order valence-corrected chi connectivity index (χ1v) is 8.98. The van der Waals surface area contributed by atoms with Crippen LogP contribution in [0.2, 0.25) is 0 Å². The largest absolute Gasteiger partial charge is 0.416 e. The van der Waals surface area contributed by atoms with Gasteiger partial charge in [0.25, 0.3) is 5.91 Å². The summed E-state index contributed by atoms with van der Waals surface area (Å²) in [7, 11) is 0. The molecule has 1 unspecified atom stereocenters. The van der Waals surface area contributed by atoms with Gasteiger partial charge in [0.2, 0.25) is 0 Å². The second-order valence-electron chi connectivity index (χ2n) is 6.83. The molecule has 1 saturated heterocycles. The number of benzene rings is 2. The minimum Gasteiger partial charge on any atom is -0.369 e. The van der Waals surface area contributed by atoms with Crippen molar-refractivity contribution >= 4 is 22.5 Å². The van der Waals surface area contributed by atoms with Gasteiger partial charge in [0.15, 0.2) is 0 Å². The molecule has 4 nitrogen and oxygen atoms in total. The second kappa shape index (κ2) is 7.14. The van der Waals surface area contributed by atoms with Gasteiger partial charge in [0, 0.05) is 42.0 Å². The first-order valence-electron chi connectivity index (χ1n) is 8.98. The summed E-state index contributed by atoms with van der Waals surface area (Å²) in [5.41, 5.74) is 1.14. The fourth-order valence-corrected chi connectivity index (χ4v) is 3.56. The fraction of sp³-hybridized carbons (Fsp3) is 0.238. The normalized spacial score (nSPS) is 17.1.